The first-order valence-electron chi connectivity index (χ1n) is 8.00. The predicted octanol–water partition coefficient (Wildman–Crippen LogP) is 3.55. The van der Waals surface area contributed by atoms with Gasteiger partial charge in [-0.2, -0.15) is 9.61 Å². The number of fused-ring (bicyclic) bond motifs is 1. The van der Waals surface area contributed by atoms with Crippen molar-refractivity contribution in [3.8, 4) is 11.3 Å². The third-order valence-electron chi connectivity index (χ3n) is 3.94. The van der Waals surface area contributed by atoms with Crippen LogP contribution in [0.25, 0.3) is 16.9 Å². The molecule has 27 heavy (non-hydrogen) atoms. The fourth-order valence-electron chi connectivity index (χ4n) is 2.64. The summed E-state index contributed by atoms with van der Waals surface area (Å²) in [6.45, 7) is 1.81. The molecule has 0 amide bonds. The highest BCUT2D eigenvalue weighted by Crippen LogP contribution is 2.24. The molecule has 136 valence electrons. The summed E-state index contributed by atoms with van der Waals surface area (Å²) in [5, 5.41) is 12.9. The topological polar surface area (TPSA) is 89.2 Å². The van der Waals surface area contributed by atoms with Gasteiger partial charge in [-0.05, 0) is 49.4 Å². The lowest BCUT2D eigenvalue weighted by Gasteiger charge is -2.10. The zero-order chi connectivity index (χ0) is 19.0. The largest absolute Gasteiger partial charge is 0.280 e. The van der Waals surface area contributed by atoms with Gasteiger partial charge in [-0.3, -0.25) is 4.72 Å². The van der Waals surface area contributed by atoms with Crippen molar-refractivity contribution in [1.82, 2.24) is 19.8 Å². The molecule has 1 N–H and O–H groups in total. The van der Waals surface area contributed by atoms with Crippen molar-refractivity contribution in [1.29, 1.82) is 0 Å². The van der Waals surface area contributed by atoms with Gasteiger partial charge in [0, 0.05) is 16.3 Å². The Morgan fingerprint density at radius 3 is 2.63 bits per heavy atom. The first-order valence-corrected chi connectivity index (χ1v) is 9.86. The summed E-state index contributed by atoms with van der Waals surface area (Å²) in [6.07, 6.45) is 0. The molecule has 0 radical (unpaired) electrons. The van der Waals surface area contributed by atoms with Crippen LogP contribution in [0, 0.1) is 6.92 Å². The molecule has 0 bridgehead atoms. The molecule has 0 unspecified atom stereocenters. The second-order valence-corrected chi connectivity index (χ2v) is 8.00. The molecule has 2 aromatic heterocycles. The van der Waals surface area contributed by atoms with Gasteiger partial charge in [0.1, 0.15) is 0 Å². The summed E-state index contributed by atoms with van der Waals surface area (Å²) in [6, 6.07) is 16.7. The van der Waals surface area contributed by atoms with Crippen molar-refractivity contribution in [2.45, 2.75) is 11.8 Å². The second kappa shape index (κ2) is 6.64. The molecule has 0 aliphatic rings. The van der Waals surface area contributed by atoms with E-state index in [4.69, 9.17) is 11.6 Å². The number of halogens is 1. The maximum absolute atomic E-state index is 12.6. The number of sulfonamides is 1. The number of benzene rings is 2. The Morgan fingerprint density at radius 2 is 1.81 bits per heavy atom. The SMILES string of the molecule is Cc1nnc2ccc(-c3cccc(NS(=O)(=O)c4cccc(Cl)c4)c3)nn12. The molecule has 0 saturated heterocycles. The highest BCUT2D eigenvalue weighted by Gasteiger charge is 2.15. The lowest BCUT2D eigenvalue weighted by Crippen LogP contribution is -2.12. The van der Waals surface area contributed by atoms with Crippen LogP contribution in [0.15, 0.2) is 65.6 Å². The van der Waals surface area contributed by atoms with Crippen molar-refractivity contribution in [2.75, 3.05) is 4.72 Å². The minimum atomic E-state index is -3.75. The molecule has 0 spiro atoms. The molecule has 0 atom stereocenters. The number of nitrogens with one attached hydrogen (secondary N) is 1. The van der Waals surface area contributed by atoms with Gasteiger partial charge in [0.25, 0.3) is 10.0 Å². The Bertz CT molecular complexity index is 1250. The van der Waals surface area contributed by atoms with Gasteiger partial charge in [-0.25, -0.2) is 8.42 Å². The molecule has 0 aliphatic heterocycles. The van der Waals surface area contributed by atoms with E-state index in [0.29, 0.717) is 27.9 Å². The molecule has 0 saturated carbocycles. The standard InChI is InChI=1S/C18H14ClN5O2S/c1-12-20-21-18-9-8-17(22-24(12)18)13-4-2-6-15(10-13)23-27(25,26)16-7-3-5-14(19)11-16/h2-11,23H,1H3. The maximum atomic E-state index is 12.6. The van der Waals surface area contributed by atoms with E-state index in [1.807, 2.05) is 25.1 Å². The van der Waals surface area contributed by atoms with Gasteiger partial charge in [0.2, 0.25) is 0 Å². The normalized spacial score (nSPS) is 11.6. The molecular weight excluding hydrogens is 386 g/mol. The number of anilines is 1. The van der Waals surface area contributed by atoms with Gasteiger partial charge in [-0.1, -0.05) is 29.8 Å². The van der Waals surface area contributed by atoms with Gasteiger partial charge in [0.15, 0.2) is 11.5 Å². The molecule has 4 aromatic rings. The summed E-state index contributed by atoms with van der Waals surface area (Å²) in [7, 11) is -3.75. The number of hydrogen-bond acceptors (Lipinski definition) is 5. The van der Waals surface area contributed by atoms with E-state index in [1.165, 1.54) is 12.1 Å². The first-order chi connectivity index (χ1) is 12.9. The van der Waals surface area contributed by atoms with Crippen molar-refractivity contribution in [3.63, 3.8) is 0 Å². The third kappa shape index (κ3) is 3.49. The summed E-state index contributed by atoms with van der Waals surface area (Å²) in [5.41, 5.74) is 2.51. The number of rotatable bonds is 4. The fourth-order valence-corrected chi connectivity index (χ4v) is 3.99. The Kier molecular flexibility index (Phi) is 4.29. The van der Waals surface area contributed by atoms with E-state index in [9.17, 15) is 8.42 Å². The Hall–Kier alpha value is -2.97. The minimum Gasteiger partial charge on any atom is -0.280 e. The van der Waals surface area contributed by atoms with Crippen molar-refractivity contribution < 1.29 is 8.42 Å². The van der Waals surface area contributed by atoms with Crippen LogP contribution in [-0.4, -0.2) is 28.2 Å². The highest BCUT2D eigenvalue weighted by molar-refractivity contribution is 7.92. The summed E-state index contributed by atoms with van der Waals surface area (Å²) in [4.78, 5) is 0.0973. The molecule has 7 nitrogen and oxygen atoms in total. The van der Waals surface area contributed by atoms with Crippen molar-refractivity contribution in [3.05, 3.63) is 71.5 Å². The average molecular weight is 400 g/mol. The highest BCUT2D eigenvalue weighted by atomic mass is 35.5. The van der Waals surface area contributed by atoms with Gasteiger partial charge in [-0.15, -0.1) is 10.2 Å². The molecule has 4 rings (SSSR count). The van der Waals surface area contributed by atoms with Crippen LogP contribution in [-0.2, 0) is 10.0 Å². The fraction of sp³-hybridized carbons (Fsp3) is 0.0556. The number of nitrogens with zero attached hydrogens (tertiary/aromatic N) is 4. The van der Waals surface area contributed by atoms with Gasteiger partial charge in [0.05, 0.1) is 10.6 Å². The molecule has 0 fully saturated rings. The third-order valence-corrected chi connectivity index (χ3v) is 5.55. The van der Waals surface area contributed by atoms with Gasteiger partial charge >= 0.3 is 0 Å². The summed E-state index contributed by atoms with van der Waals surface area (Å²) in [5.74, 6) is 0.671. The summed E-state index contributed by atoms with van der Waals surface area (Å²) < 4.78 is 29.4. The van der Waals surface area contributed by atoms with Crippen LogP contribution >= 0.6 is 11.6 Å². The molecule has 2 aromatic carbocycles. The summed E-state index contributed by atoms with van der Waals surface area (Å²) >= 11 is 5.90. The van der Waals surface area contributed by atoms with E-state index >= 15 is 0 Å². The maximum Gasteiger partial charge on any atom is 0.261 e. The zero-order valence-corrected chi connectivity index (χ0v) is 15.7. The van der Waals surface area contributed by atoms with Crippen LogP contribution in [0.5, 0.6) is 0 Å². The molecule has 9 heteroatoms. The Labute approximate surface area is 160 Å². The monoisotopic (exact) mass is 399 g/mol. The zero-order valence-electron chi connectivity index (χ0n) is 14.2. The van der Waals surface area contributed by atoms with Crippen LogP contribution < -0.4 is 4.72 Å². The molecular formula is C18H14ClN5O2S. The van der Waals surface area contributed by atoms with Crippen LogP contribution in [0.3, 0.4) is 0 Å². The number of hydrogen-bond donors (Lipinski definition) is 1. The van der Waals surface area contributed by atoms with Crippen LogP contribution in [0.4, 0.5) is 5.69 Å². The molecule has 0 aliphatic carbocycles. The van der Waals surface area contributed by atoms with Crippen molar-refractivity contribution in [2.24, 2.45) is 0 Å². The number of aryl methyl sites for hydroxylation is 1. The van der Waals surface area contributed by atoms with E-state index in [0.717, 1.165) is 5.56 Å². The quantitative estimate of drug-likeness (QED) is 0.566. The smallest absolute Gasteiger partial charge is 0.261 e. The average Bonchev–Trinajstić information content (AvgIpc) is 3.02. The minimum absolute atomic E-state index is 0.0973. The lowest BCUT2D eigenvalue weighted by atomic mass is 10.1. The Morgan fingerprint density at radius 1 is 1.00 bits per heavy atom. The second-order valence-electron chi connectivity index (χ2n) is 5.88. The predicted molar refractivity (Wildman–Crippen MR) is 103 cm³/mol. The van der Waals surface area contributed by atoms with Crippen molar-refractivity contribution >= 4 is 33.0 Å². The van der Waals surface area contributed by atoms with E-state index in [2.05, 4.69) is 20.0 Å². The molecule has 2 heterocycles. The van der Waals surface area contributed by atoms with E-state index < -0.39 is 10.0 Å². The van der Waals surface area contributed by atoms with E-state index in [-0.39, 0.29) is 4.90 Å². The first kappa shape index (κ1) is 17.4. The van der Waals surface area contributed by atoms with E-state index in [1.54, 1.807) is 34.8 Å². The van der Waals surface area contributed by atoms with Crippen LogP contribution in [0.1, 0.15) is 5.82 Å². The Balaban J connectivity index is 1.68. The van der Waals surface area contributed by atoms with Gasteiger partial charge < -0.3 is 0 Å². The lowest BCUT2D eigenvalue weighted by molar-refractivity contribution is 0.601. The number of aromatic nitrogens is 4. The van der Waals surface area contributed by atoms with Crippen LogP contribution in [0.2, 0.25) is 5.02 Å².